The Labute approximate surface area is 150 Å². The molecule has 0 aromatic heterocycles. The van der Waals surface area contributed by atoms with Crippen LogP contribution in [0.25, 0.3) is 0 Å². The van der Waals surface area contributed by atoms with Gasteiger partial charge in [-0.3, -0.25) is 19.2 Å². The van der Waals surface area contributed by atoms with E-state index in [1.807, 2.05) is 13.8 Å². The van der Waals surface area contributed by atoms with Crippen molar-refractivity contribution >= 4 is 23.5 Å². The lowest BCUT2D eigenvalue weighted by atomic mass is 9.95. The van der Waals surface area contributed by atoms with Crippen LogP contribution in [-0.4, -0.2) is 23.5 Å². The molecular weight excluding hydrogens is 320 g/mol. The molecule has 0 spiro atoms. The van der Waals surface area contributed by atoms with E-state index in [4.69, 9.17) is 4.74 Å². The lowest BCUT2D eigenvalue weighted by Crippen LogP contribution is -2.28. The molecule has 0 bridgehead atoms. The first kappa shape index (κ1) is 23.0. The molecule has 0 N–H and O–H groups in total. The van der Waals surface area contributed by atoms with Gasteiger partial charge in [0.15, 0.2) is 11.6 Å². The van der Waals surface area contributed by atoms with Crippen molar-refractivity contribution < 1.29 is 23.9 Å². The molecule has 5 heteroatoms. The van der Waals surface area contributed by atoms with Gasteiger partial charge >= 0.3 is 11.9 Å². The number of unbranched alkanes of at least 4 members (excludes halogenated alkanes) is 2. The summed E-state index contributed by atoms with van der Waals surface area (Å²) in [4.78, 5) is 47.8. The molecule has 0 amide bonds. The van der Waals surface area contributed by atoms with Crippen molar-refractivity contribution in [2.24, 2.45) is 11.8 Å². The second-order valence-electron chi connectivity index (χ2n) is 6.17. The zero-order chi connectivity index (χ0) is 19.2. The molecule has 0 saturated carbocycles. The van der Waals surface area contributed by atoms with Gasteiger partial charge in [-0.05, 0) is 25.0 Å². The zero-order valence-corrected chi connectivity index (χ0v) is 15.4. The maximum absolute atomic E-state index is 12.3. The first-order valence-electron chi connectivity index (χ1n) is 8.95. The molecule has 5 nitrogen and oxygen atoms in total. The highest BCUT2D eigenvalue weighted by Gasteiger charge is 2.28. The van der Waals surface area contributed by atoms with Crippen LogP contribution >= 0.6 is 0 Å². The molecular formula is C20H30O5. The average molecular weight is 350 g/mol. The second kappa shape index (κ2) is 13.3. The van der Waals surface area contributed by atoms with Crippen molar-refractivity contribution in [3.05, 3.63) is 25.3 Å². The predicted octanol–water partition coefficient (Wildman–Crippen LogP) is 3.96. The van der Waals surface area contributed by atoms with E-state index in [2.05, 4.69) is 13.2 Å². The van der Waals surface area contributed by atoms with Crippen molar-refractivity contribution in [3.8, 4) is 0 Å². The molecule has 0 saturated heterocycles. The van der Waals surface area contributed by atoms with E-state index >= 15 is 0 Å². The summed E-state index contributed by atoms with van der Waals surface area (Å²) in [5, 5.41) is 0. The fourth-order valence-corrected chi connectivity index (χ4v) is 2.43. The van der Waals surface area contributed by atoms with Gasteiger partial charge < -0.3 is 4.74 Å². The molecule has 0 rings (SSSR count). The Hall–Kier alpha value is -2.04. The molecule has 0 fully saturated rings. The standard InChI is InChI=1S/C20H30O5/c1-5-9-11-15(13-17(21)7-3)19(23)25-20(24)16(12-10-6-2)14-18(22)8-4/h7-8,15-16H,3-6,9-14H2,1-2H3. The Bertz CT molecular complexity index is 448. The van der Waals surface area contributed by atoms with Crippen molar-refractivity contribution in [1.82, 2.24) is 0 Å². The molecule has 0 heterocycles. The summed E-state index contributed by atoms with van der Waals surface area (Å²) in [6.45, 7) is 10.8. The third-order valence-corrected chi connectivity index (χ3v) is 4.03. The zero-order valence-electron chi connectivity index (χ0n) is 15.4. The van der Waals surface area contributed by atoms with Gasteiger partial charge in [-0.2, -0.15) is 0 Å². The molecule has 0 aliphatic heterocycles. The van der Waals surface area contributed by atoms with Crippen molar-refractivity contribution in [2.45, 2.75) is 65.2 Å². The van der Waals surface area contributed by atoms with Gasteiger partial charge in [0.25, 0.3) is 0 Å². The summed E-state index contributed by atoms with van der Waals surface area (Å²) in [6, 6.07) is 0. The third kappa shape index (κ3) is 9.75. The monoisotopic (exact) mass is 350 g/mol. The molecule has 0 radical (unpaired) electrons. The first-order chi connectivity index (χ1) is 11.9. The third-order valence-electron chi connectivity index (χ3n) is 4.03. The number of rotatable bonds is 14. The molecule has 0 aromatic rings. The minimum absolute atomic E-state index is 0.0131. The number of ketones is 2. The number of carbonyl (C=O) groups excluding carboxylic acids is 4. The van der Waals surface area contributed by atoms with Crippen LogP contribution in [0.15, 0.2) is 25.3 Å². The summed E-state index contributed by atoms with van der Waals surface area (Å²) in [6.07, 6.45) is 6.52. The van der Waals surface area contributed by atoms with Gasteiger partial charge in [0.1, 0.15) is 0 Å². The smallest absolute Gasteiger partial charge is 0.317 e. The normalized spacial score (nSPS) is 12.7. The van der Waals surface area contributed by atoms with E-state index in [0.717, 1.165) is 25.7 Å². The highest BCUT2D eigenvalue weighted by molar-refractivity contribution is 5.96. The van der Waals surface area contributed by atoms with Crippen molar-refractivity contribution in [2.75, 3.05) is 0 Å². The minimum atomic E-state index is -0.693. The van der Waals surface area contributed by atoms with Gasteiger partial charge in [0.05, 0.1) is 11.8 Å². The maximum atomic E-state index is 12.3. The van der Waals surface area contributed by atoms with Gasteiger partial charge in [-0.1, -0.05) is 52.7 Å². The Morgan fingerprint density at radius 3 is 1.44 bits per heavy atom. The fraction of sp³-hybridized carbons (Fsp3) is 0.600. The Balaban J connectivity index is 4.95. The lowest BCUT2D eigenvalue weighted by Gasteiger charge is -2.17. The van der Waals surface area contributed by atoms with E-state index in [1.165, 1.54) is 12.2 Å². The molecule has 0 aliphatic carbocycles. The Kier molecular flexibility index (Phi) is 12.2. The van der Waals surface area contributed by atoms with Gasteiger partial charge in [-0.25, -0.2) is 0 Å². The van der Waals surface area contributed by atoms with Crippen LogP contribution in [0.2, 0.25) is 0 Å². The SMILES string of the molecule is C=CC(=O)CC(CCCC)C(=O)OC(=O)C(CCCC)CC(=O)C=C. The number of esters is 2. The second-order valence-corrected chi connectivity index (χ2v) is 6.17. The van der Waals surface area contributed by atoms with E-state index in [0.29, 0.717) is 12.8 Å². The molecule has 0 aromatic carbocycles. The summed E-state index contributed by atoms with van der Waals surface area (Å²) < 4.78 is 5.01. The van der Waals surface area contributed by atoms with Crippen LogP contribution in [-0.2, 0) is 23.9 Å². The summed E-state index contributed by atoms with van der Waals surface area (Å²) >= 11 is 0. The number of allylic oxidation sites excluding steroid dienone is 2. The molecule has 140 valence electrons. The van der Waals surface area contributed by atoms with Crippen LogP contribution in [0, 0.1) is 11.8 Å². The molecule has 25 heavy (non-hydrogen) atoms. The number of carbonyl (C=O) groups is 4. The van der Waals surface area contributed by atoms with Crippen LogP contribution in [0.5, 0.6) is 0 Å². The first-order valence-corrected chi connectivity index (χ1v) is 8.95. The quantitative estimate of drug-likeness (QED) is 0.269. The number of hydrogen-bond acceptors (Lipinski definition) is 5. The molecule has 0 aliphatic rings. The summed E-state index contributed by atoms with van der Waals surface area (Å²) in [5.41, 5.74) is 0. The van der Waals surface area contributed by atoms with Crippen LogP contribution in [0.1, 0.15) is 65.2 Å². The minimum Gasteiger partial charge on any atom is -0.393 e. The highest BCUT2D eigenvalue weighted by atomic mass is 16.6. The van der Waals surface area contributed by atoms with E-state index < -0.39 is 23.8 Å². The van der Waals surface area contributed by atoms with Crippen LogP contribution < -0.4 is 0 Å². The van der Waals surface area contributed by atoms with E-state index in [9.17, 15) is 19.2 Å². The van der Waals surface area contributed by atoms with E-state index in [1.54, 1.807) is 0 Å². The van der Waals surface area contributed by atoms with Crippen LogP contribution in [0.4, 0.5) is 0 Å². The van der Waals surface area contributed by atoms with Crippen molar-refractivity contribution in [1.29, 1.82) is 0 Å². The highest BCUT2D eigenvalue weighted by Crippen LogP contribution is 2.20. The average Bonchev–Trinajstić information content (AvgIpc) is 2.61. The Morgan fingerprint density at radius 1 is 0.800 bits per heavy atom. The van der Waals surface area contributed by atoms with Crippen molar-refractivity contribution in [3.63, 3.8) is 0 Å². The number of hydrogen-bond donors (Lipinski definition) is 0. The van der Waals surface area contributed by atoms with Gasteiger partial charge in [0.2, 0.25) is 0 Å². The predicted molar refractivity (Wildman–Crippen MR) is 96.8 cm³/mol. The van der Waals surface area contributed by atoms with Gasteiger partial charge in [0, 0.05) is 12.8 Å². The lowest BCUT2D eigenvalue weighted by molar-refractivity contribution is -0.167. The molecule has 2 unspecified atom stereocenters. The van der Waals surface area contributed by atoms with Gasteiger partial charge in [-0.15, -0.1) is 0 Å². The summed E-state index contributed by atoms with van der Waals surface area (Å²) in [7, 11) is 0. The van der Waals surface area contributed by atoms with E-state index in [-0.39, 0.29) is 24.4 Å². The maximum Gasteiger partial charge on any atom is 0.317 e. The Morgan fingerprint density at radius 2 is 1.16 bits per heavy atom. The van der Waals surface area contributed by atoms with Crippen LogP contribution in [0.3, 0.4) is 0 Å². The largest absolute Gasteiger partial charge is 0.393 e. The fourth-order valence-electron chi connectivity index (χ4n) is 2.43. The molecule has 2 atom stereocenters. The number of ether oxygens (including phenoxy) is 1. The summed E-state index contributed by atoms with van der Waals surface area (Å²) in [5.74, 6) is -3.21. The topological polar surface area (TPSA) is 77.5 Å².